The number of hydrogen-bond acceptors (Lipinski definition) is 3. The Morgan fingerprint density at radius 2 is 2.29 bits per heavy atom. The molecule has 0 amide bonds. The number of hydrogen-bond donors (Lipinski definition) is 1. The highest BCUT2D eigenvalue weighted by atomic mass is 15.3. The monoisotopic (exact) mass is 236 g/mol. The number of nitrogens with one attached hydrogen (secondary N) is 1. The van der Waals surface area contributed by atoms with E-state index in [2.05, 4.69) is 35.4 Å². The van der Waals surface area contributed by atoms with E-state index in [0.29, 0.717) is 0 Å². The van der Waals surface area contributed by atoms with E-state index in [1.54, 1.807) is 0 Å². The van der Waals surface area contributed by atoms with E-state index < -0.39 is 0 Å². The van der Waals surface area contributed by atoms with Crippen LogP contribution in [0.5, 0.6) is 0 Å². The molecule has 4 heteroatoms. The van der Waals surface area contributed by atoms with Gasteiger partial charge in [-0.1, -0.05) is 6.92 Å². The summed E-state index contributed by atoms with van der Waals surface area (Å²) in [5.41, 5.74) is 2.49. The molecule has 17 heavy (non-hydrogen) atoms. The number of nitrogens with zero attached hydrogens (tertiary/aromatic N) is 3. The van der Waals surface area contributed by atoms with Gasteiger partial charge in [-0.25, -0.2) is 0 Å². The van der Waals surface area contributed by atoms with Crippen LogP contribution in [0.4, 0.5) is 0 Å². The van der Waals surface area contributed by atoms with Crippen molar-refractivity contribution in [3.63, 3.8) is 0 Å². The molecule has 0 bridgehead atoms. The summed E-state index contributed by atoms with van der Waals surface area (Å²) in [6.07, 6.45) is 3.75. The van der Waals surface area contributed by atoms with Crippen molar-refractivity contribution in [2.45, 2.75) is 38.8 Å². The lowest BCUT2D eigenvalue weighted by molar-refractivity contribution is 0.315. The lowest BCUT2D eigenvalue weighted by atomic mass is 10.3. The first-order valence-electron chi connectivity index (χ1n) is 6.62. The summed E-state index contributed by atoms with van der Waals surface area (Å²) in [6.45, 7) is 5.33. The average Bonchev–Trinajstić information content (AvgIpc) is 3.04. The molecule has 0 atom stereocenters. The molecule has 1 fully saturated rings. The number of aryl methyl sites for hydroxylation is 2. The molecule has 0 unspecified atom stereocenters. The highest BCUT2D eigenvalue weighted by Crippen LogP contribution is 2.18. The number of rotatable bonds is 7. The van der Waals surface area contributed by atoms with Crippen molar-refractivity contribution in [2.75, 3.05) is 20.1 Å². The zero-order valence-corrected chi connectivity index (χ0v) is 11.2. The number of aromatic nitrogens is 2. The Kier molecular flexibility index (Phi) is 4.18. The Bertz CT molecular complexity index is 354. The van der Waals surface area contributed by atoms with Crippen LogP contribution in [0.25, 0.3) is 0 Å². The van der Waals surface area contributed by atoms with Crippen molar-refractivity contribution in [1.29, 1.82) is 0 Å². The summed E-state index contributed by atoms with van der Waals surface area (Å²) in [7, 11) is 4.21. The van der Waals surface area contributed by atoms with Crippen molar-refractivity contribution in [3.05, 3.63) is 17.5 Å². The van der Waals surface area contributed by atoms with Crippen molar-refractivity contribution < 1.29 is 0 Å². The summed E-state index contributed by atoms with van der Waals surface area (Å²) in [5, 5.41) is 8.02. The molecule has 0 spiro atoms. The summed E-state index contributed by atoms with van der Waals surface area (Å²) in [4.78, 5) is 2.35. The molecule has 2 rings (SSSR count). The van der Waals surface area contributed by atoms with E-state index in [4.69, 9.17) is 0 Å². The lowest BCUT2D eigenvalue weighted by Gasteiger charge is -2.16. The fourth-order valence-corrected chi connectivity index (χ4v) is 1.99. The van der Waals surface area contributed by atoms with Crippen LogP contribution in [0.3, 0.4) is 0 Å². The van der Waals surface area contributed by atoms with Crippen molar-refractivity contribution in [2.24, 2.45) is 7.05 Å². The normalized spacial score (nSPS) is 15.8. The van der Waals surface area contributed by atoms with Crippen molar-refractivity contribution in [3.8, 4) is 0 Å². The van der Waals surface area contributed by atoms with Gasteiger partial charge in [0.05, 0.1) is 11.4 Å². The van der Waals surface area contributed by atoms with Crippen LogP contribution >= 0.6 is 0 Å². The van der Waals surface area contributed by atoms with Gasteiger partial charge in [0.1, 0.15) is 0 Å². The second-order valence-corrected chi connectivity index (χ2v) is 5.07. The Morgan fingerprint density at radius 3 is 2.88 bits per heavy atom. The smallest absolute Gasteiger partial charge is 0.0625 e. The summed E-state index contributed by atoms with van der Waals surface area (Å²) < 4.78 is 2.00. The Balaban J connectivity index is 1.75. The Morgan fingerprint density at radius 1 is 1.53 bits per heavy atom. The fraction of sp³-hybridized carbons (Fsp3) is 0.769. The van der Waals surface area contributed by atoms with E-state index in [0.717, 1.165) is 32.1 Å². The molecule has 1 aliphatic rings. The highest BCUT2D eigenvalue weighted by molar-refractivity contribution is 5.09. The van der Waals surface area contributed by atoms with E-state index in [1.807, 2.05) is 11.7 Å². The second kappa shape index (κ2) is 5.65. The van der Waals surface area contributed by atoms with Gasteiger partial charge in [-0.05, 0) is 32.4 Å². The summed E-state index contributed by atoms with van der Waals surface area (Å²) in [5.74, 6) is 0. The van der Waals surface area contributed by atoms with E-state index in [1.165, 1.54) is 24.2 Å². The van der Waals surface area contributed by atoms with Crippen molar-refractivity contribution in [1.82, 2.24) is 20.0 Å². The Hall–Kier alpha value is -0.870. The molecule has 1 aliphatic carbocycles. The maximum Gasteiger partial charge on any atom is 0.0625 e. The third-order valence-corrected chi connectivity index (χ3v) is 3.33. The lowest BCUT2D eigenvalue weighted by Crippen LogP contribution is -2.30. The van der Waals surface area contributed by atoms with Gasteiger partial charge in [0.2, 0.25) is 0 Å². The first-order valence-corrected chi connectivity index (χ1v) is 6.62. The van der Waals surface area contributed by atoms with Crippen LogP contribution < -0.4 is 5.32 Å². The largest absolute Gasteiger partial charge is 0.313 e. The van der Waals surface area contributed by atoms with Gasteiger partial charge in [0.15, 0.2) is 0 Å². The van der Waals surface area contributed by atoms with Crippen LogP contribution in [-0.4, -0.2) is 40.9 Å². The molecular formula is C13H24N4. The van der Waals surface area contributed by atoms with Crippen LogP contribution in [0.1, 0.15) is 31.2 Å². The standard InChI is InChI=1S/C13H24N4/c1-4-11-9-13(17(3)15-11)10-16(2)8-7-14-12-5-6-12/h9,12,14H,4-8,10H2,1-3H3. The molecule has 1 aromatic rings. The molecular weight excluding hydrogens is 212 g/mol. The van der Waals surface area contributed by atoms with E-state index in [-0.39, 0.29) is 0 Å². The molecule has 1 aromatic heterocycles. The molecule has 96 valence electrons. The van der Waals surface area contributed by atoms with Gasteiger partial charge in [0, 0.05) is 32.7 Å². The van der Waals surface area contributed by atoms with Crippen molar-refractivity contribution >= 4 is 0 Å². The zero-order valence-electron chi connectivity index (χ0n) is 11.2. The maximum absolute atomic E-state index is 4.48. The van der Waals surface area contributed by atoms with E-state index >= 15 is 0 Å². The first-order chi connectivity index (χ1) is 8.19. The molecule has 0 radical (unpaired) electrons. The molecule has 0 saturated heterocycles. The zero-order chi connectivity index (χ0) is 12.3. The molecule has 1 saturated carbocycles. The minimum atomic E-state index is 0.812. The second-order valence-electron chi connectivity index (χ2n) is 5.07. The molecule has 0 aliphatic heterocycles. The first kappa shape index (κ1) is 12.6. The SMILES string of the molecule is CCc1cc(CN(C)CCNC2CC2)n(C)n1. The molecule has 1 N–H and O–H groups in total. The summed E-state index contributed by atoms with van der Waals surface area (Å²) in [6, 6.07) is 3.02. The Labute approximate surface area is 104 Å². The average molecular weight is 236 g/mol. The van der Waals surface area contributed by atoms with Crippen LogP contribution in [0, 0.1) is 0 Å². The van der Waals surface area contributed by atoms with Gasteiger partial charge in [0.25, 0.3) is 0 Å². The van der Waals surface area contributed by atoms with Crippen LogP contribution in [0.15, 0.2) is 6.07 Å². The summed E-state index contributed by atoms with van der Waals surface area (Å²) >= 11 is 0. The molecule has 0 aromatic carbocycles. The quantitative estimate of drug-likeness (QED) is 0.771. The third kappa shape index (κ3) is 3.82. The maximum atomic E-state index is 4.48. The van der Waals surface area contributed by atoms with Gasteiger partial charge < -0.3 is 5.32 Å². The predicted octanol–water partition coefficient (Wildman–Crippen LogP) is 1.17. The predicted molar refractivity (Wildman–Crippen MR) is 69.9 cm³/mol. The van der Waals surface area contributed by atoms with E-state index in [9.17, 15) is 0 Å². The molecule has 1 heterocycles. The number of likely N-dealkylation sites (N-methyl/N-ethyl adjacent to an activating group) is 1. The van der Waals surface area contributed by atoms with Crippen LogP contribution in [0.2, 0.25) is 0 Å². The van der Waals surface area contributed by atoms with Gasteiger partial charge in [-0.3, -0.25) is 9.58 Å². The third-order valence-electron chi connectivity index (χ3n) is 3.33. The van der Waals surface area contributed by atoms with Gasteiger partial charge in [-0.2, -0.15) is 5.10 Å². The minimum Gasteiger partial charge on any atom is -0.313 e. The van der Waals surface area contributed by atoms with Gasteiger partial charge >= 0.3 is 0 Å². The topological polar surface area (TPSA) is 33.1 Å². The minimum absolute atomic E-state index is 0.812. The molecule has 4 nitrogen and oxygen atoms in total. The van der Waals surface area contributed by atoms with Crippen LogP contribution in [-0.2, 0) is 20.0 Å². The highest BCUT2D eigenvalue weighted by Gasteiger charge is 2.19. The fourth-order valence-electron chi connectivity index (χ4n) is 1.99. The van der Waals surface area contributed by atoms with Gasteiger partial charge in [-0.15, -0.1) is 0 Å².